The molecule has 0 saturated carbocycles. The summed E-state index contributed by atoms with van der Waals surface area (Å²) in [4.78, 5) is 12.1. The fourth-order valence-corrected chi connectivity index (χ4v) is 2.51. The molecule has 0 spiro atoms. The van der Waals surface area contributed by atoms with E-state index in [0.29, 0.717) is 23.4 Å². The maximum Gasteiger partial charge on any atom is 0.220 e. The summed E-state index contributed by atoms with van der Waals surface area (Å²) in [6, 6.07) is 11.6. The molecule has 24 heavy (non-hydrogen) atoms. The number of para-hydroxylation sites is 1. The molecule has 1 atom stereocenters. The van der Waals surface area contributed by atoms with Crippen LogP contribution in [-0.2, 0) is 11.2 Å². The minimum absolute atomic E-state index is 0. The summed E-state index contributed by atoms with van der Waals surface area (Å²) in [7, 11) is 1.48. The van der Waals surface area contributed by atoms with Crippen LogP contribution in [0, 0.1) is 5.82 Å². The Kier molecular flexibility index (Phi) is 7.52. The smallest absolute Gasteiger partial charge is 0.220 e. The fraction of sp³-hybridized carbons (Fsp3) is 0.278. The molecular weight excluding hydrogens is 331 g/mol. The normalized spacial score (nSPS) is 11.3. The second-order valence-electron chi connectivity index (χ2n) is 5.34. The van der Waals surface area contributed by atoms with Crippen molar-refractivity contribution in [1.82, 2.24) is 5.32 Å². The predicted octanol–water partition coefficient (Wildman–Crippen LogP) is 3.65. The van der Waals surface area contributed by atoms with E-state index in [0.717, 1.165) is 5.56 Å². The standard InChI is InChI=1S/C18H21FN2O2.ClH/c1-12(18-14(19)7-5-9-16(18)23-2)21-17(22)11-10-13-6-3-4-8-15(13)20;/h3-9,12H,10-11,20H2,1-2H3,(H,21,22);1H. The van der Waals surface area contributed by atoms with Crippen LogP contribution in [0.5, 0.6) is 5.75 Å². The second-order valence-corrected chi connectivity index (χ2v) is 5.34. The van der Waals surface area contributed by atoms with Gasteiger partial charge in [-0.25, -0.2) is 4.39 Å². The zero-order chi connectivity index (χ0) is 16.8. The summed E-state index contributed by atoms with van der Waals surface area (Å²) in [5.41, 5.74) is 7.81. The number of anilines is 1. The first kappa shape index (κ1) is 19.8. The lowest BCUT2D eigenvalue weighted by Crippen LogP contribution is -2.27. The number of rotatable bonds is 6. The molecule has 0 saturated heterocycles. The third-order valence-electron chi connectivity index (χ3n) is 3.72. The van der Waals surface area contributed by atoms with Gasteiger partial charge in [-0.05, 0) is 37.1 Å². The molecule has 0 aliphatic heterocycles. The van der Waals surface area contributed by atoms with Crippen LogP contribution in [0.2, 0.25) is 0 Å². The summed E-state index contributed by atoms with van der Waals surface area (Å²) < 4.78 is 19.2. The maximum absolute atomic E-state index is 14.0. The predicted molar refractivity (Wildman–Crippen MR) is 95.9 cm³/mol. The number of hydrogen-bond donors (Lipinski definition) is 2. The van der Waals surface area contributed by atoms with E-state index in [1.54, 1.807) is 25.1 Å². The molecule has 0 radical (unpaired) electrons. The molecule has 2 aromatic carbocycles. The number of nitrogens with one attached hydrogen (secondary N) is 1. The number of nitrogens with two attached hydrogens (primary N) is 1. The molecule has 2 aromatic rings. The molecule has 1 amide bonds. The average molecular weight is 353 g/mol. The Balaban J connectivity index is 0.00000288. The van der Waals surface area contributed by atoms with Gasteiger partial charge in [-0.2, -0.15) is 0 Å². The van der Waals surface area contributed by atoms with Gasteiger partial charge in [0.15, 0.2) is 0 Å². The SMILES string of the molecule is COc1cccc(F)c1C(C)NC(=O)CCc1ccccc1N.Cl. The Labute approximate surface area is 147 Å². The summed E-state index contributed by atoms with van der Waals surface area (Å²) in [5, 5.41) is 2.80. The van der Waals surface area contributed by atoms with Gasteiger partial charge in [0.2, 0.25) is 5.91 Å². The molecule has 0 aliphatic carbocycles. The van der Waals surface area contributed by atoms with Crippen LogP contribution < -0.4 is 15.8 Å². The van der Waals surface area contributed by atoms with E-state index in [1.165, 1.54) is 13.2 Å². The number of hydrogen-bond acceptors (Lipinski definition) is 3. The Morgan fingerprint density at radius 2 is 1.96 bits per heavy atom. The van der Waals surface area contributed by atoms with E-state index >= 15 is 0 Å². The number of amides is 1. The molecule has 1 unspecified atom stereocenters. The van der Waals surface area contributed by atoms with Gasteiger partial charge >= 0.3 is 0 Å². The van der Waals surface area contributed by atoms with E-state index in [1.807, 2.05) is 18.2 Å². The zero-order valence-corrected chi connectivity index (χ0v) is 14.5. The highest BCUT2D eigenvalue weighted by molar-refractivity contribution is 5.85. The maximum atomic E-state index is 14.0. The van der Waals surface area contributed by atoms with Gasteiger partial charge in [-0.1, -0.05) is 24.3 Å². The number of halogens is 2. The number of ether oxygens (including phenoxy) is 1. The van der Waals surface area contributed by atoms with E-state index in [-0.39, 0.29) is 24.7 Å². The monoisotopic (exact) mass is 352 g/mol. The fourth-order valence-electron chi connectivity index (χ4n) is 2.51. The summed E-state index contributed by atoms with van der Waals surface area (Å²) in [6.45, 7) is 1.73. The highest BCUT2D eigenvalue weighted by Crippen LogP contribution is 2.27. The molecule has 0 bridgehead atoms. The first-order chi connectivity index (χ1) is 11.0. The molecular formula is C18H22ClFN2O2. The Hall–Kier alpha value is -2.27. The number of aryl methyl sites for hydroxylation is 1. The molecule has 0 aromatic heterocycles. The van der Waals surface area contributed by atoms with Crippen LogP contribution in [0.15, 0.2) is 42.5 Å². The van der Waals surface area contributed by atoms with Crippen LogP contribution in [-0.4, -0.2) is 13.0 Å². The first-order valence-electron chi connectivity index (χ1n) is 7.48. The number of methoxy groups -OCH3 is 1. The van der Waals surface area contributed by atoms with E-state index in [9.17, 15) is 9.18 Å². The molecule has 4 nitrogen and oxygen atoms in total. The number of nitrogen functional groups attached to an aromatic ring is 1. The topological polar surface area (TPSA) is 64.3 Å². The van der Waals surface area contributed by atoms with Gasteiger partial charge in [-0.15, -0.1) is 12.4 Å². The van der Waals surface area contributed by atoms with Crippen LogP contribution in [0.4, 0.5) is 10.1 Å². The summed E-state index contributed by atoms with van der Waals surface area (Å²) in [6.07, 6.45) is 0.828. The largest absolute Gasteiger partial charge is 0.496 e. The molecule has 2 rings (SSSR count). The van der Waals surface area contributed by atoms with Crippen molar-refractivity contribution in [2.24, 2.45) is 0 Å². The quantitative estimate of drug-likeness (QED) is 0.780. The molecule has 130 valence electrons. The van der Waals surface area contributed by atoms with Gasteiger partial charge in [0.25, 0.3) is 0 Å². The van der Waals surface area contributed by atoms with Crippen LogP contribution in [0.3, 0.4) is 0 Å². The number of benzene rings is 2. The van der Waals surface area contributed by atoms with Crippen molar-refractivity contribution in [3.05, 3.63) is 59.4 Å². The average Bonchev–Trinajstić information content (AvgIpc) is 2.53. The lowest BCUT2D eigenvalue weighted by molar-refractivity contribution is -0.121. The lowest BCUT2D eigenvalue weighted by atomic mass is 10.0. The highest BCUT2D eigenvalue weighted by Gasteiger charge is 2.18. The number of carbonyl (C=O) groups excluding carboxylic acids is 1. The van der Waals surface area contributed by atoms with E-state index in [4.69, 9.17) is 10.5 Å². The summed E-state index contributed by atoms with van der Waals surface area (Å²) in [5.74, 6) is -0.138. The molecule has 6 heteroatoms. The van der Waals surface area contributed by atoms with Crippen LogP contribution in [0.25, 0.3) is 0 Å². The zero-order valence-electron chi connectivity index (χ0n) is 13.7. The molecule has 0 aliphatic rings. The molecule has 0 heterocycles. The van der Waals surface area contributed by atoms with Crippen molar-refractivity contribution in [3.8, 4) is 5.75 Å². The molecule has 3 N–H and O–H groups in total. The van der Waals surface area contributed by atoms with E-state index in [2.05, 4.69) is 5.32 Å². The van der Waals surface area contributed by atoms with Crippen LogP contribution >= 0.6 is 12.4 Å². The van der Waals surface area contributed by atoms with Crippen molar-refractivity contribution in [3.63, 3.8) is 0 Å². The third kappa shape index (κ3) is 4.86. The molecule has 0 fully saturated rings. The Bertz CT molecular complexity index is 694. The van der Waals surface area contributed by atoms with E-state index < -0.39 is 11.9 Å². The van der Waals surface area contributed by atoms with Gasteiger partial charge in [0, 0.05) is 12.1 Å². The third-order valence-corrected chi connectivity index (χ3v) is 3.72. The number of carbonyl (C=O) groups is 1. The van der Waals surface area contributed by atoms with Gasteiger partial charge in [-0.3, -0.25) is 4.79 Å². The minimum atomic E-state index is -0.480. The van der Waals surface area contributed by atoms with Crippen molar-refractivity contribution in [2.75, 3.05) is 12.8 Å². The second kappa shape index (κ2) is 9.13. The summed E-state index contributed by atoms with van der Waals surface area (Å²) >= 11 is 0. The Morgan fingerprint density at radius 3 is 2.62 bits per heavy atom. The highest BCUT2D eigenvalue weighted by atomic mass is 35.5. The van der Waals surface area contributed by atoms with Crippen LogP contribution in [0.1, 0.15) is 30.5 Å². The van der Waals surface area contributed by atoms with Crippen molar-refractivity contribution in [1.29, 1.82) is 0 Å². The first-order valence-corrected chi connectivity index (χ1v) is 7.48. The minimum Gasteiger partial charge on any atom is -0.496 e. The lowest BCUT2D eigenvalue weighted by Gasteiger charge is -2.18. The van der Waals surface area contributed by atoms with Crippen molar-refractivity contribution >= 4 is 24.0 Å². The van der Waals surface area contributed by atoms with Gasteiger partial charge in [0.05, 0.1) is 18.7 Å². The van der Waals surface area contributed by atoms with Crippen molar-refractivity contribution < 1.29 is 13.9 Å². The van der Waals surface area contributed by atoms with Crippen molar-refractivity contribution in [2.45, 2.75) is 25.8 Å². The van der Waals surface area contributed by atoms with Gasteiger partial charge in [0.1, 0.15) is 11.6 Å². The van der Waals surface area contributed by atoms with Gasteiger partial charge < -0.3 is 15.8 Å². The Morgan fingerprint density at radius 1 is 1.25 bits per heavy atom.